The third-order valence-corrected chi connectivity index (χ3v) is 5.41. The largest absolute Gasteiger partial charge is 0.342 e. The zero-order valence-corrected chi connectivity index (χ0v) is 14.3. The lowest BCUT2D eigenvalue weighted by atomic mass is 9.92. The highest BCUT2D eigenvalue weighted by Crippen LogP contribution is 2.35. The van der Waals surface area contributed by atoms with E-state index < -0.39 is 6.00 Å². The molecule has 0 aromatic carbocycles. The Morgan fingerprint density at radius 3 is 2.12 bits per heavy atom. The van der Waals surface area contributed by atoms with Crippen LogP contribution in [0.5, 0.6) is 0 Å². The molecule has 0 aliphatic carbocycles. The summed E-state index contributed by atoms with van der Waals surface area (Å²) in [6, 6.07) is -1.79. The van der Waals surface area contributed by atoms with Crippen LogP contribution in [0.15, 0.2) is 12.2 Å². The molecule has 0 radical (unpaired) electrons. The molecule has 0 aliphatic heterocycles. The summed E-state index contributed by atoms with van der Waals surface area (Å²) in [5, 5.41) is 0. The van der Waals surface area contributed by atoms with Crippen LogP contribution in [-0.4, -0.2) is 6.00 Å². The average Bonchev–Trinajstić information content (AvgIpc) is 2.22. The van der Waals surface area contributed by atoms with E-state index in [9.17, 15) is 0 Å². The van der Waals surface area contributed by atoms with Crippen LogP contribution in [-0.2, 0) is 0 Å². The number of hydrogen-bond donors (Lipinski definition) is 0. The summed E-state index contributed by atoms with van der Waals surface area (Å²) in [5.74, 6) is 0.422. The molecular weight excluding hydrogens is 291 g/mol. The molecule has 17 heavy (non-hydrogen) atoms. The first-order valence-corrected chi connectivity index (χ1v) is 11.9. The lowest BCUT2D eigenvalue weighted by Gasteiger charge is -2.22. The summed E-state index contributed by atoms with van der Waals surface area (Å²) in [4.78, 5) is 0. The van der Waals surface area contributed by atoms with Crippen molar-refractivity contribution in [2.75, 3.05) is 0 Å². The molecule has 1 unspecified atom stereocenters. The molecule has 0 saturated heterocycles. The van der Waals surface area contributed by atoms with E-state index in [4.69, 9.17) is 33.2 Å². The van der Waals surface area contributed by atoms with E-state index in [-0.39, 0.29) is 0 Å². The van der Waals surface area contributed by atoms with Crippen molar-refractivity contribution < 1.29 is 0 Å². The van der Waals surface area contributed by atoms with Gasteiger partial charge >= 0.3 is 6.00 Å². The fourth-order valence-corrected chi connectivity index (χ4v) is 4.71. The molecular formula is C13H25Cl3Si. The van der Waals surface area contributed by atoms with Crippen LogP contribution in [0, 0.1) is 5.92 Å². The quantitative estimate of drug-likeness (QED) is 0.185. The topological polar surface area (TPSA) is 0 Å². The second kappa shape index (κ2) is 9.72. The van der Waals surface area contributed by atoms with Gasteiger partial charge in [-0.3, -0.25) is 0 Å². The molecule has 102 valence electrons. The summed E-state index contributed by atoms with van der Waals surface area (Å²) in [6.45, 7) is 8.62. The van der Waals surface area contributed by atoms with Crippen molar-refractivity contribution in [1.29, 1.82) is 0 Å². The highest BCUT2D eigenvalue weighted by Gasteiger charge is 2.30. The van der Waals surface area contributed by atoms with E-state index in [1.54, 1.807) is 0 Å². The van der Waals surface area contributed by atoms with Crippen molar-refractivity contribution in [3.8, 4) is 0 Å². The van der Waals surface area contributed by atoms with Crippen LogP contribution in [0.2, 0.25) is 6.04 Å². The van der Waals surface area contributed by atoms with Gasteiger partial charge in [-0.15, -0.1) is 33.2 Å². The molecule has 0 fully saturated rings. The van der Waals surface area contributed by atoms with E-state index in [2.05, 4.69) is 20.4 Å². The predicted molar refractivity (Wildman–Crippen MR) is 84.4 cm³/mol. The Labute approximate surface area is 122 Å². The molecule has 4 heteroatoms. The van der Waals surface area contributed by atoms with E-state index >= 15 is 0 Å². The Hall–Kier alpha value is 0.827. The minimum atomic E-state index is -2.52. The lowest BCUT2D eigenvalue weighted by molar-refractivity contribution is 0.542. The maximum atomic E-state index is 6.04. The molecule has 1 atom stereocenters. The number of allylic oxidation sites excluding steroid dienone is 1. The minimum absolute atomic E-state index is 0.422. The summed E-state index contributed by atoms with van der Waals surface area (Å²) >= 11 is 18.1. The van der Waals surface area contributed by atoms with Crippen LogP contribution in [0.1, 0.15) is 58.8 Å². The number of rotatable bonds is 10. The van der Waals surface area contributed by atoms with Crippen molar-refractivity contribution >= 4 is 39.2 Å². The zero-order chi connectivity index (χ0) is 13.3. The molecule has 0 heterocycles. The summed E-state index contributed by atoms with van der Waals surface area (Å²) in [6.07, 6.45) is 8.35. The predicted octanol–water partition coefficient (Wildman–Crippen LogP) is 6.58. The zero-order valence-electron chi connectivity index (χ0n) is 11.1. The van der Waals surface area contributed by atoms with Crippen LogP contribution in [0.4, 0.5) is 0 Å². The van der Waals surface area contributed by atoms with Gasteiger partial charge in [0.1, 0.15) is 0 Å². The van der Waals surface area contributed by atoms with Gasteiger partial charge in [-0.05, 0) is 31.2 Å². The number of halogens is 3. The van der Waals surface area contributed by atoms with E-state index in [1.165, 1.54) is 37.7 Å². The molecule has 0 bridgehead atoms. The Morgan fingerprint density at radius 1 is 1.06 bits per heavy atom. The monoisotopic (exact) mass is 314 g/mol. The third kappa shape index (κ3) is 10.4. The lowest BCUT2D eigenvalue weighted by Crippen LogP contribution is -2.17. The minimum Gasteiger partial charge on any atom is -0.126 e. The normalized spacial score (nSPS) is 13.7. The Morgan fingerprint density at radius 2 is 1.65 bits per heavy atom. The van der Waals surface area contributed by atoms with Crippen molar-refractivity contribution in [3.05, 3.63) is 12.2 Å². The first kappa shape index (κ1) is 17.8. The highest BCUT2D eigenvalue weighted by atomic mass is 35.8. The Kier molecular flexibility index (Phi) is 10.2. The highest BCUT2D eigenvalue weighted by molar-refractivity contribution is 7.64. The molecule has 0 spiro atoms. The van der Waals surface area contributed by atoms with Gasteiger partial charge in [-0.25, -0.2) is 0 Å². The van der Waals surface area contributed by atoms with Gasteiger partial charge in [0.2, 0.25) is 0 Å². The second-order valence-electron chi connectivity index (χ2n) is 4.77. The first-order valence-electron chi connectivity index (χ1n) is 6.65. The summed E-state index contributed by atoms with van der Waals surface area (Å²) in [5.41, 5.74) is 1.30. The molecule has 0 aromatic rings. The molecule has 0 saturated carbocycles. The van der Waals surface area contributed by atoms with Gasteiger partial charge < -0.3 is 0 Å². The van der Waals surface area contributed by atoms with E-state index in [1.807, 2.05) is 0 Å². The maximum absolute atomic E-state index is 6.04. The van der Waals surface area contributed by atoms with Gasteiger partial charge in [0, 0.05) is 0 Å². The van der Waals surface area contributed by atoms with Gasteiger partial charge in [0.25, 0.3) is 0 Å². The average molecular weight is 316 g/mol. The van der Waals surface area contributed by atoms with Crippen LogP contribution in [0.3, 0.4) is 0 Å². The molecule has 0 amide bonds. The molecule has 0 aromatic heterocycles. The Bertz CT molecular complexity index is 211. The number of hydrogen-bond acceptors (Lipinski definition) is 0. The van der Waals surface area contributed by atoms with Gasteiger partial charge in [-0.1, -0.05) is 51.7 Å². The van der Waals surface area contributed by atoms with Crippen molar-refractivity contribution in [2.45, 2.75) is 64.8 Å². The molecule has 0 nitrogen and oxygen atoms in total. The fraction of sp³-hybridized carbons (Fsp3) is 0.846. The van der Waals surface area contributed by atoms with E-state index in [0.717, 1.165) is 18.9 Å². The first-order chi connectivity index (χ1) is 7.90. The van der Waals surface area contributed by atoms with Crippen molar-refractivity contribution in [1.82, 2.24) is 0 Å². The summed E-state index contributed by atoms with van der Waals surface area (Å²) < 4.78 is 0. The standard InChI is InChI=1S/C13H25Cl3Si/c1-4-6-8-9-12(3)13(10-7-5-2)11-17(14,15)16/h13H,3-11H2,1-2H3. The molecule has 0 aliphatic rings. The van der Waals surface area contributed by atoms with Gasteiger partial charge in [0.05, 0.1) is 0 Å². The van der Waals surface area contributed by atoms with Crippen molar-refractivity contribution in [3.63, 3.8) is 0 Å². The van der Waals surface area contributed by atoms with Crippen molar-refractivity contribution in [2.24, 2.45) is 5.92 Å². The Balaban J connectivity index is 4.19. The van der Waals surface area contributed by atoms with E-state index in [0.29, 0.717) is 5.92 Å². The maximum Gasteiger partial charge on any atom is 0.342 e. The smallest absolute Gasteiger partial charge is 0.126 e. The second-order valence-corrected chi connectivity index (χ2v) is 14.0. The van der Waals surface area contributed by atoms with Gasteiger partial charge in [0.15, 0.2) is 0 Å². The molecule has 0 N–H and O–H groups in total. The van der Waals surface area contributed by atoms with Crippen LogP contribution in [0.25, 0.3) is 0 Å². The fourth-order valence-electron chi connectivity index (χ4n) is 1.99. The number of unbranched alkanes of at least 4 members (excludes halogenated alkanes) is 3. The summed E-state index contributed by atoms with van der Waals surface area (Å²) in [7, 11) is 0. The van der Waals surface area contributed by atoms with Crippen LogP contribution >= 0.6 is 33.2 Å². The third-order valence-electron chi connectivity index (χ3n) is 3.06. The SMILES string of the molecule is C=C(CCCCC)C(CCCC)C[Si](Cl)(Cl)Cl. The van der Waals surface area contributed by atoms with Gasteiger partial charge in [-0.2, -0.15) is 0 Å². The van der Waals surface area contributed by atoms with Crippen LogP contribution < -0.4 is 0 Å². The molecule has 0 rings (SSSR count).